The van der Waals surface area contributed by atoms with Gasteiger partial charge in [-0.15, -0.1) is 0 Å². The maximum atomic E-state index is 11.1. The summed E-state index contributed by atoms with van der Waals surface area (Å²) in [7, 11) is 2.09. The van der Waals surface area contributed by atoms with E-state index in [0.29, 0.717) is 5.56 Å². The summed E-state index contributed by atoms with van der Waals surface area (Å²) < 4.78 is 0. The van der Waals surface area contributed by atoms with Gasteiger partial charge in [0.1, 0.15) is 0 Å². The third kappa shape index (κ3) is 3.97. The van der Waals surface area contributed by atoms with E-state index in [1.54, 1.807) is 12.1 Å². The molecule has 1 fully saturated rings. The van der Waals surface area contributed by atoms with E-state index >= 15 is 0 Å². The number of amides is 1. The molecule has 0 bridgehead atoms. The number of nitrogens with two attached hydrogens (primary N) is 1. The van der Waals surface area contributed by atoms with Crippen molar-refractivity contribution in [2.24, 2.45) is 5.73 Å². The van der Waals surface area contributed by atoms with Crippen molar-refractivity contribution in [1.82, 2.24) is 0 Å². The van der Waals surface area contributed by atoms with Crippen LogP contribution in [0.25, 0.3) is 0 Å². The predicted molar refractivity (Wildman–Crippen MR) is 99.3 cm³/mol. The number of primary amides is 1. The highest BCUT2D eigenvalue weighted by atomic mass is 16.1. The minimum Gasteiger partial charge on any atom is -0.370 e. The van der Waals surface area contributed by atoms with Gasteiger partial charge in [0.05, 0.1) is 0 Å². The Hall–Kier alpha value is -2.29. The molecule has 1 saturated carbocycles. The summed E-state index contributed by atoms with van der Waals surface area (Å²) in [5, 5.41) is 0. The van der Waals surface area contributed by atoms with Crippen LogP contribution in [0.15, 0.2) is 48.5 Å². The molecule has 3 heteroatoms. The Morgan fingerprint density at radius 2 is 1.62 bits per heavy atom. The molecule has 0 aliphatic heterocycles. The van der Waals surface area contributed by atoms with Gasteiger partial charge in [-0.1, -0.05) is 43.5 Å². The first kappa shape index (κ1) is 16.6. The quantitative estimate of drug-likeness (QED) is 0.883. The topological polar surface area (TPSA) is 46.3 Å². The zero-order valence-electron chi connectivity index (χ0n) is 14.4. The molecule has 3 rings (SSSR count). The molecule has 0 unspecified atom stereocenters. The zero-order valence-corrected chi connectivity index (χ0v) is 14.4. The third-order valence-corrected chi connectivity index (χ3v) is 5.07. The molecule has 1 aliphatic rings. The summed E-state index contributed by atoms with van der Waals surface area (Å²) in [6.07, 6.45) is 6.80. The van der Waals surface area contributed by atoms with E-state index in [9.17, 15) is 4.79 Å². The summed E-state index contributed by atoms with van der Waals surface area (Å²) in [6, 6.07) is 16.5. The van der Waals surface area contributed by atoms with E-state index in [2.05, 4.69) is 36.2 Å². The van der Waals surface area contributed by atoms with E-state index in [1.807, 2.05) is 12.1 Å². The predicted octanol–water partition coefficient (Wildman–Crippen LogP) is 4.47. The van der Waals surface area contributed by atoms with Gasteiger partial charge >= 0.3 is 0 Å². The standard InChI is InChI=1S/C21H26N2O/c1-23(15-16-7-9-19(10-8-16)21(22)24)20-13-11-18(12-14-20)17-5-3-2-4-6-17/h7-14,17H,2-6,15H2,1H3,(H2,22,24). The van der Waals surface area contributed by atoms with Crippen LogP contribution in [0.3, 0.4) is 0 Å². The smallest absolute Gasteiger partial charge is 0.248 e. The molecule has 1 amide bonds. The van der Waals surface area contributed by atoms with Gasteiger partial charge in [0.25, 0.3) is 0 Å². The maximum absolute atomic E-state index is 11.1. The molecule has 0 aromatic heterocycles. The molecule has 0 heterocycles. The Bertz CT molecular complexity index is 670. The monoisotopic (exact) mass is 322 g/mol. The average molecular weight is 322 g/mol. The Morgan fingerprint density at radius 1 is 1.00 bits per heavy atom. The van der Waals surface area contributed by atoms with Crippen LogP contribution in [0.4, 0.5) is 5.69 Å². The van der Waals surface area contributed by atoms with Crippen LogP contribution in [-0.4, -0.2) is 13.0 Å². The van der Waals surface area contributed by atoms with Crippen LogP contribution in [0.2, 0.25) is 0 Å². The van der Waals surface area contributed by atoms with Crippen molar-refractivity contribution in [3.63, 3.8) is 0 Å². The molecular weight excluding hydrogens is 296 g/mol. The van der Waals surface area contributed by atoms with Gasteiger partial charge in [0.2, 0.25) is 5.91 Å². The zero-order chi connectivity index (χ0) is 16.9. The number of hydrogen-bond donors (Lipinski definition) is 1. The van der Waals surface area contributed by atoms with Crippen molar-refractivity contribution in [1.29, 1.82) is 0 Å². The van der Waals surface area contributed by atoms with Crippen LogP contribution in [0.5, 0.6) is 0 Å². The average Bonchev–Trinajstić information content (AvgIpc) is 2.63. The molecule has 0 radical (unpaired) electrons. The highest BCUT2D eigenvalue weighted by Crippen LogP contribution is 2.33. The first-order valence-electron chi connectivity index (χ1n) is 8.83. The molecular formula is C21H26N2O. The van der Waals surface area contributed by atoms with Gasteiger partial charge in [0, 0.05) is 24.8 Å². The van der Waals surface area contributed by atoms with E-state index in [1.165, 1.54) is 48.9 Å². The Labute approximate surface area is 144 Å². The van der Waals surface area contributed by atoms with Gasteiger partial charge in [0.15, 0.2) is 0 Å². The Morgan fingerprint density at radius 3 is 2.21 bits per heavy atom. The lowest BCUT2D eigenvalue weighted by atomic mass is 9.84. The van der Waals surface area contributed by atoms with E-state index < -0.39 is 0 Å². The molecule has 2 aromatic rings. The van der Waals surface area contributed by atoms with Gasteiger partial charge < -0.3 is 10.6 Å². The number of benzene rings is 2. The highest BCUT2D eigenvalue weighted by Gasteiger charge is 2.15. The lowest BCUT2D eigenvalue weighted by Crippen LogP contribution is -2.17. The molecule has 0 spiro atoms. The number of nitrogens with zero attached hydrogens (tertiary/aromatic N) is 1. The molecule has 24 heavy (non-hydrogen) atoms. The van der Waals surface area contributed by atoms with Crippen molar-refractivity contribution in [3.05, 3.63) is 65.2 Å². The first-order chi connectivity index (χ1) is 11.6. The Kier molecular flexibility index (Phi) is 5.19. The highest BCUT2D eigenvalue weighted by molar-refractivity contribution is 5.92. The van der Waals surface area contributed by atoms with Crippen molar-refractivity contribution >= 4 is 11.6 Å². The fourth-order valence-electron chi connectivity index (χ4n) is 3.58. The Balaban J connectivity index is 1.64. The number of anilines is 1. The fraction of sp³-hybridized carbons (Fsp3) is 0.381. The second-order valence-corrected chi connectivity index (χ2v) is 6.84. The second-order valence-electron chi connectivity index (χ2n) is 6.84. The van der Waals surface area contributed by atoms with Crippen molar-refractivity contribution in [3.8, 4) is 0 Å². The van der Waals surface area contributed by atoms with Crippen molar-refractivity contribution in [2.75, 3.05) is 11.9 Å². The van der Waals surface area contributed by atoms with Crippen LogP contribution in [0, 0.1) is 0 Å². The van der Waals surface area contributed by atoms with Crippen LogP contribution >= 0.6 is 0 Å². The van der Waals surface area contributed by atoms with E-state index in [0.717, 1.165) is 12.5 Å². The number of hydrogen-bond acceptors (Lipinski definition) is 2. The largest absolute Gasteiger partial charge is 0.370 e. The van der Waals surface area contributed by atoms with E-state index in [4.69, 9.17) is 5.73 Å². The van der Waals surface area contributed by atoms with Crippen LogP contribution in [-0.2, 0) is 6.54 Å². The normalized spacial score (nSPS) is 15.2. The molecule has 3 nitrogen and oxygen atoms in total. The summed E-state index contributed by atoms with van der Waals surface area (Å²) in [6.45, 7) is 0.807. The summed E-state index contributed by atoms with van der Waals surface area (Å²) in [4.78, 5) is 13.4. The van der Waals surface area contributed by atoms with Crippen molar-refractivity contribution in [2.45, 2.75) is 44.6 Å². The molecule has 0 saturated heterocycles. The minimum absolute atomic E-state index is 0.381. The van der Waals surface area contributed by atoms with Crippen LogP contribution < -0.4 is 10.6 Å². The van der Waals surface area contributed by atoms with E-state index in [-0.39, 0.29) is 5.91 Å². The molecule has 1 aliphatic carbocycles. The maximum Gasteiger partial charge on any atom is 0.248 e. The number of carbonyl (C=O) groups is 1. The second kappa shape index (κ2) is 7.52. The number of carbonyl (C=O) groups excluding carboxylic acids is 1. The van der Waals surface area contributed by atoms with Gasteiger partial charge in [-0.05, 0) is 54.2 Å². The van der Waals surface area contributed by atoms with Gasteiger partial charge in [-0.3, -0.25) is 4.79 Å². The summed E-state index contributed by atoms with van der Waals surface area (Å²) >= 11 is 0. The molecule has 2 N–H and O–H groups in total. The molecule has 126 valence electrons. The lowest BCUT2D eigenvalue weighted by Gasteiger charge is -2.24. The van der Waals surface area contributed by atoms with Gasteiger partial charge in [-0.2, -0.15) is 0 Å². The SMILES string of the molecule is CN(Cc1ccc(C(N)=O)cc1)c1ccc(C2CCCCC2)cc1. The minimum atomic E-state index is -0.381. The number of rotatable bonds is 5. The van der Waals surface area contributed by atoms with Gasteiger partial charge in [-0.25, -0.2) is 0 Å². The molecule has 2 aromatic carbocycles. The first-order valence-corrected chi connectivity index (χ1v) is 8.83. The fourth-order valence-corrected chi connectivity index (χ4v) is 3.58. The van der Waals surface area contributed by atoms with Crippen LogP contribution in [0.1, 0.15) is 59.5 Å². The summed E-state index contributed by atoms with van der Waals surface area (Å²) in [5.74, 6) is 0.368. The van der Waals surface area contributed by atoms with Crippen molar-refractivity contribution < 1.29 is 4.79 Å². The third-order valence-electron chi connectivity index (χ3n) is 5.07. The lowest BCUT2D eigenvalue weighted by molar-refractivity contribution is 0.100. The summed E-state index contributed by atoms with van der Waals surface area (Å²) in [5.41, 5.74) is 9.70. The molecule has 0 atom stereocenters.